The Labute approximate surface area is 126 Å². The molecule has 22 heavy (non-hydrogen) atoms. The van der Waals surface area contributed by atoms with Gasteiger partial charge >= 0.3 is 0 Å². The summed E-state index contributed by atoms with van der Waals surface area (Å²) in [5.41, 5.74) is 2.73. The molecule has 3 heterocycles. The second-order valence-electron chi connectivity index (χ2n) is 4.93. The predicted octanol–water partition coefficient (Wildman–Crippen LogP) is 2.74. The van der Waals surface area contributed by atoms with Crippen LogP contribution in [0.5, 0.6) is 11.5 Å². The van der Waals surface area contributed by atoms with Crippen LogP contribution < -0.4 is 9.47 Å². The number of aryl methyl sites for hydroxylation is 1. The Hall–Kier alpha value is -3.07. The van der Waals surface area contributed by atoms with Crippen molar-refractivity contribution in [2.75, 3.05) is 6.79 Å². The van der Waals surface area contributed by atoms with E-state index >= 15 is 0 Å². The van der Waals surface area contributed by atoms with E-state index in [4.69, 9.17) is 19.7 Å². The van der Waals surface area contributed by atoms with Crippen molar-refractivity contribution in [3.63, 3.8) is 0 Å². The zero-order chi connectivity index (χ0) is 14.9. The van der Waals surface area contributed by atoms with Crippen molar-refractivity contribution in [3.05, 3.63) is 36.7 Å². The number of rotatable bonds is 3. The van der Waals surface area contributed by atoms with Gasteiger partial charge in [0.1, 0.15) is 5.82 Å². The Bertz CT molecular complexity index is 881. The summed E-state index contributed by atoms with van der Waals surface area (Å²) in [7, 11) is 0. The fourth-order valence-electron chi connectivity index (χ4n) is 2.62. The summed E-state index contributed by atoms with van der Waals surface area (Å²) >= 11 is 0. The molecule has 3 aromatic rings. The number of aromatic nitrogens is 3. The lowest BCUT2D eigenvalue weighted by molar-refractivity contribution is 0.174. The van der Waals surface area contributed by atoms with Gasteiger partial charge in [0.25, 0.3) is 0 Å². The van der Waals surface area contributed by atoms with Crippen LogP contribution in [0.15, 0.2) is 36.7 Å². The summed E-state index contributed by atoms with van der Waals surface area (Å²) in [6.07, 6.45) is 3.88. The third-order valence-electron chi connectivity index (χ3n) is 3.63. The molecule has 0 fully saturated rings. The maximum atomic E-state index is 8.92. The molecule has 0 aliphatic carbocycles. The number of nitriles is 1. The van der Waals surface area contributed by atoms with Crippen molar-refractivity contribution < 1.29 is 9.47 Å². The summed E-state index contributed by atoms with van der Waals surface area (Å²) in [4.78, 5) is 8.74. The molecule has 0 amide bonds. The normalized spacial score (nSPS) is 12.5. The lowest BCUT2D eigenvalue weighted by atomic mass is 10.2. The average Bonchev–Trinajstić information content (AvgIpc) is 3.15. The van der Waals surface area contributed by atoms with E-state index in [0.29, 0.717) is 24.5 Å². The second-order valence-corrected chi connectivity index (χ2v) is 4.93. The van der Waals surface area contributed by atoms with Crippen LogP contribution in [0.2, 0.25) is 0 Å². The molecule has 1 aliphatic rings. The quantitative estimate of drug-likeness (QED) is 0.742. The Morgan fingerprint density at radius 3 is 2.73 bits per heavy atom. The third kappa shape index (κ3) is 1.95. The van der Waals surface area contributed by atoms with E-state index < -0.39 is 0 Å². The first-order valence-corrected chi connectivity index (χ1v) is 6.94. The molecular formula is C16H12N4O2. The van der Waals surface area contributed by atoms with Crippen molar-refractivity contribution >= 4 is 11.0 Å². The third-order valence-corrected chi connectivity index (χ3v) is 3.63. The van der Waals surface area contributed by atoms with E-state index in [2.05, 4.69) is 11.1 Å². The van der Waals surface area contributed by atoms with E-state index in [0.717, 1.165) is 22.4 Å². The van der Waals surface area contributed by atoms with Gasteiger partial charge in [-0.1, -0.05) is 0 Å². The van der Waals surface area contributed by atoms with Crippen LogP contribution in [0.1, 0.15) is 6.42 Å². The van der Waals surface area contributed by atoms with Gasteiger partial charge in [-0.2, -0.15) is 5.26 Å². The smallest absolute Gasteiger partial charge is 0.231 e. The lowest BCUT2D eigenvalue weighted by Gasteiger charge is -2.07. The number of nitrogens with zero attached hydrogens (tertiary/aromatic N) is 4. The minimum Gasteiger partial charge on any atom is -0.454 e. The highest BCUT2D eigenvalue weighted by atomic mass is 16.7. The molecule has 0 spiro atoms. The fourth-order valence-corrected chi connectivity index (χ4v) is 2.62. The monoisotopic (exact) mass is 292 g/mol. The zero-order valence-electron chi connectivity index (χ0n) is 11.7. The maximum Gasteiger partial charge on any atom is 0.231 e. The van der Waals surface area contributed by atoms with E-state index in [-0.39, 0.29) is 6.79 Å². The lowest BCUT2D eigenvalue weighted by Crippen LogP contribution is -2.00. The highest BCUT2D eigenvalue weighted by Gasteiger charge is 2.19. The Morgan fingerprint density at radius 2 is 1.95 bits per heavy atom. The topological polar surface area (TPSA) is 73.0 Å². The first-order chi connectivity index (χ1) is 10.9. The standard InChI is InChI=1S/C16H12N4O2/c17-4-1-7-20-13-9-15-14(21-10-22-15)8-12(13)19-16(20)11-2-5-18-6-3-11/h2-3,5-6,8-9H,1,7,10H2. The molecule has 0 unspecified atom stereocenters. The van der Waals surface area contributed by atoms with Crippen LogP contribution in [0.25, 0.3) is 22.4 Å². The van der Waals surface area contributed by atoms with Crippen LogP contribution in [-0.4, -0.2) is 21.3 Å². The summed E-state index contributed by atoms with van der Waals surface area (Å²) in [6.45, 7) is 0.807. The summed E-state index contributed by atoms with van der Waals surface area (Å²) in [5.74, 6) is 2.24. The van der Waals surface area contributed by atoms with Gasteiger partial charge in [-0.25, -0.2) is 4.98 Å². The van der Waals surface area contributed by atoms with Gasteiger partial charge in [-0.15, -0.1) is 0 Å². The van der Waals surface area contributed by atoms with Gasteiger partial charge in [0, 0.05) is 36.6 Å². The molecule has 2 aromatic heterocycles. The molecule has 0 bridgehead atoms. The Kier molecular flexibility index (Phi) is 2.90. The van der Waals surface area contributed by atoms with Crippen molar-refractivity contribution in [3.8, 4) is 29.0 Å². The molecule has 1 aromatic carbocycles. The SMILES string of the molecule is N#CCCn1c(-c2ccncc2)nc2cc3c(cc21)OCO3. The fraction of sp³-hybridized carbons (Fsp3) is 0.188. The molecule has 1 aliphatic heterocycles. The number of ether oxygens (including phenoxy) is 2. The van der Waals surface area contributed by atoms with Crippen molar-refractivity contribution in [1.29, 1.82) is 5.26 Å². The van der Waals surface area contributed by atoms with Gasteiger partial charge in [0.05, 0.1) is 23.5 Å². The number of hydrogen-bond acceptors (Lipinski definition) is 5. The van der Waals surface area contributed by atoms with Crippen LogP contribution >= 0.6 is 0 Å². The Morgan fingerprint density at radius 1 is 1.18 bits per heavy atom. The van der Waals surface area contributed by atoms with Crippen LogP contribution in [-0.2, 0) is 6.54 Å². The van der Waals surface area contributed by atoms with Gasteiger partial charge in [0.2, 0.25) is 6.79 Å². The van der Waals surface area contributed by atoms with E-state index in [1.807, 2.05) is 28.8 Å². The van der Waals surface area contributed by atoms with E-state index in [1.165, 1.54) is 0 Å². The highest BCUT2D eigenvalue weighted by Crippen LogP contribution is 2.37. The van der Waals surface area contributed by atoms with Crippen molar-refractivity contribution in [1.82, 2.24) is 14.5 Å². The largest absolute Gasteiger partial charge is 0.454 e. The summed E-state index contributed by atoms with van der Waals surface area (Å²) < 4.78 is 12.9. The minimum absolute atomic E-state index is 0.233. The zero-order valence-corrected chi connectivity index (χ0v) is 11.7. The molecule has 6 nitrogen and oxygen atoms in total. The molecule has 0 atom stereocenters. The minimum atomic E-state index is 0.233. The van der Waals surface area contributed by atoms with E-state index in [9.17, 15) is 0 Å². The predicted molar refractivity (Wildman–Crippen MR) is 79.3 cm³/mol. The van der Waals surface area contributed by atoms with Gasteiger partial charge in [-0.3, -0.25) is 4.98 Å². The highest BCUT2D eigenvalue weighted by molar-refractivity contribution is 5.84. The second kappa shape index (κ2) is 5.04. The first kappa shape index (κ1) is 12.7. The molecule has 0 saturated carbocycles. The maximum absolute atomic E-state index is 8.92. The van der Waals surface area contributed by atoms with E-state index in [1.54, 1.807) is 12.4 Å². The molecular weight excluding hydrogens is 280 g/mol. The number of benzene rings is 1. The molecule has 4 rings (SSSR count). The molecule has 0 radical (unpaired) electrons. The van der Waals surface area contributed by atoms with Gasteiger partial charge in [-0.05, 0) is 12.1 Å². The molecule has 0 saturated heterocycles. The van der Waals surface area contributed by atoms with Crippen LogP contribution in [0.3, 0.4) is 0 Å². The van der Waals surface area contributed by atoms with Gasteiger partial charge in [0.15, 0.2) is 11.5 Å². The summed E-state index contributed by atoms with van der Waals surface area (Å²) in [5, 5.41) is 8.92. The number of fused-ring (bicyclic) bond motifs is 2. The summed E-state index contributed by atoms with van der Waals surface area (Å²) in [6, 6.07) is 9.80. The van der Waals surface area contributed by atoms with Crippen molar-refractivity contribution in [2.45, 2.75) is 13.0 Å². The Balaban J connectivity index is 1.94. The molecule has 0 N–H and O–H groups in total. The average molecular weight is 292 g/mol. The van der Waals surface area contributed by atoms with Crippen molar-refractivity contribution in [2.24, 2.45) is 0 Å². The first-order valence-electron chi connectivity index (χ1n) is 6.94. The van der Waals surface area contributed by atoms with Gasteiger partial charge < -0.3 is 14.0 Å². The molecule has 108 valence electrons. The van der Waals surface area contributed by atoms with Crippen LogP contribution in [0.4, 0.5) is 0 Å². The number of pyridine rings is 1. The number of hydrogen-bond donors (Lipinski definition) is 0. The van der Waals surface area contributed by atoms with Crippen LogP contribution in [0, 0.1) is 11.3 Å². The number of imidazole rings is 1. The molecule has 6 heteroatoms.